The van der Waals surface area contributed by atoms with Gasteiger partial charge in [0.2, 0.25) is 0 Å². The van der Waals surface area contributed by atoms with Gasteiger partial charge in [0.25, 0.3) is 0 Å². The molecular formula is C48H30. The third kappa shape index (κ3) is 4.10. The van der Waals surface area contributed by atoms with Crippen LogP contribution in [0.1, 0.15) is 0 Å². The number of fused-ring (bicyclic) bond motifs is 7. The van der Waals surface area contributed by atoms with Crippen LogP contribution in [-0.4, -0.2) is 0 Å². The van der Waals surface area contributed by atoms with E-state index >= 15 is 0 Å². The molecule has 0 aromatic heterocycles. The average molecular weight is 607 g/mol. The number of hydrogen-bond donors (Lipinski definition) is 0. The normalized spacial score (nSPS) is 11.8. The minimum Gasteiger partial charge on any atom is -0.0616 e. The smallest absolute Gasteiger partial charge is 0.00199 e. The molecule has 10 aromatic carbocycles. The maximum atomic E-state index is 2.40. The summed E-state index contributed by atoms with van der Waals surface area (Å²) in [6, 6.07) is 67.1. The van der Waals surface area contributed by atoms with Crippen LogP contribution in [0.15, 0.2) is 182 Å². The molecule has 0 radical (unpaired) electrons. The lowest BCUT2D eigenvalue weighted by Gasteiger charge is -2.20. The van der Waals surface area contributed by atoms with Crippen LogP contribution < -0.4 is 0 Å². The average Bonchev–Trinajstić information content (AvgIpc) is 3.16. The summed E-state index contributed by atoms with van der Waals surface area (Å²) in [5.41, 5.74) is 7.62. The fourth-order valence-electron chi connectivity index (χ4n) is 8.04. The summed E-state index contributed by atoms with van der Waals surface area (Å²) in [4.78, 5) is 0. The molecule has 0 heteroatoms. The van der Waals surface area contributed by atoms with E-state index in [4.69, 9.17) is 0 Å². The Balaban J connectivity index is 1.22. The molecular weight excluding hydrogens is 577 g/mol. The van der Waals surface area contributed by atoms with E-state index in [1.54, 1.807) is 0 Å². The maximum absolute atomic E-state index is 2.40. The van der Waals surface area contributed by atoms with Crippen LogP contribution in [-0.2, 0) is 0 Å². The van der Waals surface area contributed by atoms with Crippen molar-refractivity contribution in [2.24, 2.45) is 0 Å². The molecule has 0 saturated carbocycles. The van der Waals surface area contributed by atoms with Crippen LogP contribution in [0.2, 0.25) is 0 Å². The summed E-state index contributed by atoms with van der Waals surface area (Å²) in [6.45, 7) is 0. The van der Waals surface area contributed by atoms with E-state index in [9.17, 15) is 0 Å². The highest BCUT2D eigenvalue weighted by Crippen LogP contribution is 2.47. The van der Waals surface area contributed by atoms with E-state index in [2.05, 4.69) is 182 Å². The maximum Gasteiger partial charge on any atom is -0.00199 e. The van der Waals surface area contributed by atoms with E-state index in [1.165, 1.54) is 98.0 Å². The fourth-order valence-corrected chi connectivity index (χ4v) is 8.04. The largest absolute Gasteiger partial charge is 0.0616 e. The van der Waals surface area contributed by atoms with Crippen molar-refractivity contribution in [3.63, 3.8) is 0 Å². The zero-order valence-corrected chi connectivity index (χ0v) is 26.3. The summed E-state index contributed by atoms with van der Waals surface area (Å²) in [6.07, 6.45) is 0. The molecule has 0 atom stereocenters. The summed E-state index contributed by atoms with van der Waals surface area (Å²) in [7, 11) is 0. The lowest BCUT2D eigenvalue weighted by Crippen LogP contribution is -1.92. The Bertz CT molecular complexity index is 2830. The summed E-state index contributed by atoms with van der Waals surface area (Å²) in [5, 5.41) is 15.3. The molecule has 48 heavy (non-hydrogen) atoms. The first-order valence-corrected chi connectivity index (χ1v) is 16.7. The van der Waals surface area contributed by atoms with Gasteiger partial charge >= 0.3 is 0 Å². The summed E-state index contributed by atoms with van der Waals surface area (Å²) in [5.74, 6) is 0. The first kappa shape index (κ1) is 26.9. The van der Waals surface area contributed by atoms with Gasteiger partial charge in [-0.2, -0.15) is 0 Å². The van der Waals surface area contributed by atoms with Crippen molar-refractivity contribution >= 4 is 64.6 Å². The summed E-state index contributed by atoms with van der Waals surface area (Å²) >= 11 is 0. The van der Waals surface area contributed by atoms with Crippen molar-refractivity contribution in [1.29, 1.82) is 0 Å². The third-order valence-corrected chi connectivity index (χ3v) is 10.2. The van der Waals surface area contributed by atoms with E-state index in [-0.39, 0.29) is 0 Å². The molecule has 0 fully saturated rings. The van der Waals surface area contributed by atoms with Gasteiger partial charge in [0, 0.05) is 0 Å². The molecule has 0 bridgehead atoms. The Morgan fingerprint density at radius 3 is 1.38 bits per heavy atom. The Morgan fingerprint density at radius 1 is 0.208 bits per heavy atom. The molecule has 0 aliphatic carbocycles. The first-order valence-electron chi connectivity index (χ1n) is 16.7. The Morgan fingerprint density at radius 2 is 0.688 bits per heavy atom. The van der Waals surface area contributed by atoms with Gasteiger partial charge in [-0.05, 0) is 116 Å². The van der Waals surface area contributed by atoms with E-state index in [1.807, 2.05) is 0 Å². The Labute approximate surface area is 279 Å². The predicted octanol–water partition coefficient (Wildman–Crippen LogP) is 13.6. The van der Waals surface area contributed by atoms with Crippen LogP contribution in [0, 0.1) is 0 Å². The molecule has 0 amide bonds. The highest BCUT2D eigenvalue weighted by Gasteiger charge is 2.19. The molecule has 0 aliphatic rings. The SMILES string of the molecule is c1ccc2c(-c3ccc4cc(-c5c6ccccc6c(-c6cc7ccccc7c7ccccc67)c6ccccc56)ccc4c3)cccc2c1. The van der Waals surface area contributed by atoms with Crippen molar-refractivity contribution in [1.82, 2.24) is 0 Å². The third-order valence-electron chi connectivity index (χ3n) is 10.2. The second-order valence-corrected chi connectivity index (χ2v) is 12.8. The fraction of sp³-hybridized carbons (Fsp3) is 0. The second-order valence-electron chi connectivity index (χ2n) is 12.8. The standard InChI is InChI=1S/C48H30/c1-3-15-37-31(12-1)14-11-23-38(37)35-26-24-33-29-36(27-25-32(33)28-35)47-42-19-7-9-21-44(42)48(45-22-10-8-20-43(45)47)46-30-34-13-2-4-16-39(34)40-17-5-6-18-41(40)46/h1-30H. The lowest BCUT2D eigenvalue weighted by molar-refractivity contribution is 1.67. The van der Waals surface area contributed by atoms with Gasteiger partial charge < -0.3 is 0 Å². The van der Waals surface area contributed by atoms with Gasteiger partial charge in [0.1, 0.15) is 0 Å². The van der Waals surface area contributed by atoms with Gasteiger partial charge in [-0.25, -0.2) is 0 Å². The van der Waals surface area contributed by atoms with E-state index in [0.29, 0.717) is 0 Å². The lowest BCUT2D eigenvalue weighted by atomic mass is 9.83. The van der Waals surface area contributed by atoms with Crippen LogP contribution >= 0.6 is 0 Å². The molecule has 0 unspecified atom stereocenters. The Kier molecular flexibility index (Phi) is 5.98. The van der Waals surface area contributed by atoms with Crippen molar-refractivity contribution in [3.8, 4) is 33.4 Å². The molecule has 0 saturated heterocycles. The highest BCUT2D eigenvalue weighted by atomic mass is 14.2. The quantitative estimate of drug-likeness (QED) is 0.139. The summed E-state index contributed by atoms with van der Waals surface area (Å²) < 4.78 is 0. The van der Waals surface area contributed by atoms with Crippen molar-refractivity contribution in [3.05, 3.63) is 182 Å². The number of hydrogen-bond acceptors (Lipinski definition) is 0. The minimum absolute atomic E-state index is 1.24. The first-order chi connectivity index (χ1) is 23.8. The van der Waals surface area contributed by atoms with Gasteiger partial charge in [0.05, 0.1) is 0 Å². The van der Waals surface area contributed by atoms with E-state index < -0.39 is 0 Å². The van der Waals surface area contributed by atoms with Gasteiger partial charge in [-0.3, -0.25) is 0 Å². The molecule has 222 valence electrons. The van der Waals surface area contributed by atoms with Gasteiger partial charge in [-0.15, -0.1) is 0 Å². The topological polar surface area (TPSA) is 0 Å². The second kappa shape index (κ2) is 10.7. The van der Waals surface area contributed by atoms with Crippen LogP contribution in [0.25, 0.3) is 98.0 Å². The number of rotatable bonds is 3. The number of benzene rings is 10. The van der Waals surface area contributed by atoms with Crippen LogP contribution in [0.4, 0.5) is 0 Å². The molecule has 0 nitrogen and oxygen atoms in total. The zero-order chi connectivity index (χ0) is 31.6. The molecule has 10 aromatic rings. The molecule has 0 aliphatic heterocycles. The van der Waals surface area contributed by atoms with Crippen molar-refractivity contribution < 1.29 is 0 Å². The monoisotopic (exact) mass is 606 g/mol. The van der Waals surface area contributed by atoms with E-state index in [0.717, 1.165) is 0 Å². The molecule has 0 spiro atoms. The molecule has 10 rings (SSSR count). The highest BCUT2D eigenvalue weighted by molar-refractivity contribution is 6.26. The van der Waals surface area contributed by atoms with Crippen LogP contribution in [0.5, 0.6) is 0 Å². The predicted molar refractivity (Wildman–Crippen MR) is 208 cm³/mol. The van der Waals surface area contributed by atoms with Gasteiger partial charge in [0.15, 0.2) is 0 Å². The minimum atomic E-state index is 1.24. The van der Waals surface area contributed by atoms with Crippen molar-refractivity contribution in [2.45, 2.75) is 0 Å². The molecule has 0 heterocycles. The van der Waals surface area contributed by atoms with Crippen LogP contribution in [0.3, 0.4) is 0 Å². The Hall–Kier alpha value is -6.24. The van der Waals surface area contributed by atoms with Crippen molar-refractivity contribution in [2.75, 3.05) is 0 Å². The zero-order valence-electron chi connectivity index (χ0n) is 26.3. The van der Waals surface area contributed by atoms with Gasteiger partial charge in [-0.1, -0.05) is 164 Å². The molecule has 0 N–H and O–H groups in total.